The van der Waals surface area contributed by atoms with E-state index in [1.54, 1.807) is 23.7 Å². The topological polar surface area (TPSA) is 114 Å². The summed E-state index contributed by atoms with van der Waals surface area (Å²) in [5.74, 6) is 0.796. The van der Waals surface area contributed by atoms with E-state index >= 15 is 0 Å². The molecular formula is C19H22N4O3. The van der Waals surface area contributed by atoms with Gasteiger partial charge in [-0.25, -0.2) is 0 Å². The van der Waals surface area contributed by atoms with E-state index in [0.29, 0.717) is 22.8 Å². The first-order valence-corrected chi connectivity index (χ1v) is 8.58. The molecule has 1 aromatic carbocycles. The van der Waals surface area contributed by atoms with Crippen LogP contribution in [0.4, 0.5) is 0 Å². The third-order valence-electron chi connectivity index (χ3n) is 4.70. The Balaban J connectivity index is 2.08. The summed E-state index contributed by atoms with van der Waals surface area (Å²) in [5, 5.41) is 23.3. The van der Waals surface area contributed by atoms with Crippen LogP contribution in [0.25, 0.3) is 0 Å². The SMILES string of the molecule is Cc1cc(Oc2c(CO)nn(C(C)C(N)=O)c2C2CC2)cc(C)c1C#N. The van der Waals surface area contributed by atoms with Gasteiger partial charge in [0.1, 0.15) is 17.5 Å². The Bertz CT molecular complexity index is 883. The molecule has 0 saturated heterocycles. The lowest BCUT2D eigenvalue weighted by Crippen LogP contribution is -2.26. The molecule has 2 aromatic rings. The van der Waals surface area contributed by atoms with Gasteiger partial charge in [-0.05, 0) is 56.9 Å². The molecule has 136 valence electrons. The number of hydrogen-bond donors (Lipinski definition) is 2. The van der Waals surface area contributed by atoms with E-state index in [1.807, 2.05) is 13.8 Å². The highest BCUT2D eigenvalue weighted by Crippen LogP contribution is 2.47. The van der Waals surface area contributed by atoms with Crippen LogP contribution in [-0.4, -0.2) is 20.8 Å². The summed E-state index contributed by atoms with van der Waals surface area (Å²) in [7, 11) is 0. The molecule has 1 unspecified atom stereocenters. The molecule has 7 heteroatoms. The van der Waals surface area contributed by atoms with Crippen molar-refractivity contribution in [1.82, 2.24) is 9.78 Å². The van der Waals surface area contributed by atoms with Crippen molar-refractivity contribution in [3.05, 3.63) is 40.2 Å². The van der Waals surface area contributed by atoms with Crippen molar-refractivity contribution < 1.29 is 14.6 Å². The second kappa shape index (κ2) is 6.81. The van der Waals surface area contributed by atoms with E-state index in [2.05, 4.69) is 11.2 Å². The zero-order chi connectivity index (χ0) is 19.0. The predicted octanol–water partition coefficient (Wildman–Crippen LogP) is 2.58. The molecule has 1 aromatic heterocycles. The van der Waals surface area contributed by atoms with Crippen molar-refractivity contribution >= 4 is 5.91 Å². The van der Waals surface area contributed by atoms with Gasteiger partial charge in [-0.1, -0.05) is 0 Å². The van der Waals surface area contributed by atoms with E-state index in [0.717, 1.165) is 29.7 Å². The van der Waals surface area contributed by atoms with Gasteiger partial charge in [0.05, 0.1) is 23.9 Å². The molecule has 0 aliphatic heterocycles. The third-order valence-corrected chi connectivity index (χ3v) is 4.70. The van der Waals surface area contributed by atoms with Crippen molar-refractivity contribution in [1.29, 1.82) is 5.26 Å². The zero-order valence-corrected chi connectivity index (χ0v) is 15.1. The molecule has 1 heterocycles. The Morgan fingerprint density at radius 2 is 2.08 bits per heavy atom. The molecule has 3 N–H and O–H groups in total. The van der Waals surface area contributed by atoms with Crippen LogP contribution in [0.2, 0.25) is 0 Å². The van der Waals surface area contributed by atoms with Crippen LogP contribution in [0.3, 0.4) is 0 Å². The van der Waals surface area contributed by atoms with E-state index < -0.39 is 11.9 Å². The van der Waals surface area contributed by atoms with Gasteiger partial charge in [0.15, 0.2) is 5.75 Å². The lowest BCUT2D eigenvalue weighted by atomic mass is 10.0. The normalized spacial score (nSPS) is 14.7. The molecule has 1 aliphatic rings. The number of benzene rings is 1. The van der Waals surface area contributed by atoms with Crippen molar-refractivity contribution in [3.8, 4) is 17.6 Å². The lowest BCUT2D eigenvalue weighted by molar-refractivity contribution is -0.121. The number of nitrogens with zero attached hydrogens (tertiary/aromatic N) is 3. The Kier molecular flexibility index (Phi) is 4.70. The van der Waals surface area contributed by atoms with Crippen LogP contribution in [-0.2, 0) is 11.4 Å². The number of primary amides is 1. The van der Waals surface area contributed by atoms with Crippen molar-refractivity contribution in [3.63, 3.8) is 0 Å². The second-order valence-corrected chi connectivity index (χ2v) is 6.76. The highest BCUT2D eigenvalue weighted by Gasteiger charge is 2.36. The minimum absolute atomic E-state index is 0.236. The van der Waals surface area contributed by atoms with Crippen LogP contribution in [0.5, 0.6) is 11.5 Å². The number of aryl methyl sites for hydroxylation is 2. The van der Waals surface area contributed by atoms with E-state index in [-0.39, 0.29) is 12.5 Å². The maximum absolute atomic E-state index is 11.6. The molecule has 0 bridgehead atoms. The average Bonchev–Trinajstić information content (AvgIpc) is 3.36. The number of amides is 1. The smallest absolute Gasteiger partial charge is 0.242 e. The number of rotatable bonds is 6. The quantitative estimate of drug-likeness (QED) is 0.827. The highest BCUT2D eigenvalue weighted by molar-refractivity contribution is 5.78. The first kappa shape index (κ1) is 18.0. The average molecular weight is 354 g/mol. The van der Waals surface area contributed by atoms with Crippen LogP contribution in [0.1, 0.15) is 59.8 Å². The standard InChI is InChI=1S/C19H22N4O3/c1-10-6-14(7-11(2)15(10)8-20)26-18-16(9-24)22-23(12(3)19(21)25)17(18)13-4-5-13/h6-7,12-13,24H,4-5,9H2,1-3H3,(H2,21,25). The molecule has 0 radical (unpaired) electrons. The van der Waals surface area contributed by atoms with Gasteiger partial charge in [0.2, 0.25) is 5.91 Å². The molecule has 26 heavy (non-hydrogen) atoms. The van der Waals surface area contributed by atoms with Crippen LogP contribution >= 0.6 is 0 Å². The largest absolute Gasteiger partial charge is 0.453 e. The van der Waals surface area contributed by atoms with Crippen molar-refractivity contribution in [2.75, 3.05) is 0 Å². The van der Waals surface area contributed by atoms with E-state index in [9.17, 15) is 15.2 Å². The van der Waals surface area contributed by atoms with E-state index in [1.165, 1.54) is 0 Å². The fourth-order valence-corrected chi connectivity index (χ4v) is 3.12. The summed E-state index contributed by atoms with van der Waals surface area (Å²) in [6.07, 6.45) is 1.95. The number of nitriles is 1. The maximum Gasteiger partial charge on any atom is 0.242 e. The molecule has 0 spiro atoms. The van der Waals surface area contributed by atoms with Crippen LogP contribution in [0, 0.1) is 25.2 Å². The second-order valence-electron chi connectivity index (χ2n) is 6.76. The first-order chi connectivity index (χ1) is 12.4. The molecular weight excluding hydrogens is 332 g/mol. The molecule has 1 atom stereocenters. The van der Waals surface area contributed by atoms with Gasteiger partial charge in [-0.3, -0.25) is 9.48 Å². The highest BCUT2D eigenvalue weighted by atomic mass is 16.5. The number of ether oxygens (including phenoxy) is 1. The molecule has 1 saturated carbocycles. The number of aromatic nitrogens is 2. The molecule has 1 fully saturated rings. The summed E-state index contributed by atoms with van der Waals surface area (Å²) >= 11 is 0. The minimum atomic E-state index is -0.627. The Morgan fingerprint density at radius 3 is 2.54 bits per heavy atom. The molecule has 1 amide bonds. The van der Waals surface area contributed by atoms with Gasteiger partial charge in [-0.2, -0.15) is 10.4 Å². The van der Waals surface area contributed by atoms with Crippen molar-refractivity contribution in [2.45, 2.75) is 52.2 Å². The summed E-state index contributed by atoms with van der Waals surface area (Å²) in [5.41, 5.74) is 8.88. The summed E-state index contributed by atoms with van der Waals surface area (Å²) in [6.45, 7) is 5.08. The molecule has 1 aliphatic carbocycles. The Hall–Kier alpha value is -2.85. The number of hydrogen-bond acceptors (Lipinski definition) is 5. The minimum Gasteiger partial charge on any atom is -0.453 e. The number of nitrogens with two attached hydrogens (primary N) is 1. The number of aliphatic hydroxyl groups excluding tert-OH is 1. The summed E-state index contributed by atoms with van der Waals surface area (Å²) in [4.78, 5) is 11.6. The monoisotopic (exact) mass is 354 g/mol. The Morgan fingerprint density at radius 1 is 1.46 bits per heavy atom. The Labute approximate surface area is 152 Å². The zero-order valence-electron chi connectivity index (χ0n) is 15.1. The lowest BCUT2D eigenvalue weighted by Gasteiger charge is -2.14. The third kappa shape index (κ3) is 3.16. The van der Waals surface area contributed by atoms with Crippen molar-refractivity contribution in [2.24, 2.45) is 5.73 Å². The van der Waals surface area contributed by atoms with Gasteiger partial charge in [-0.15, -0.1) is 0 Å². The van der Waals surface area contributed by atoms with Gasteiger partial charge >= 0.3 is 0 Å². The fraction of sp³-hybridized carbons (Fsp3) is 0.421. The van der Waals surface area contributed by atoms with Crippen LogP contribution in [0.15, 0.2) is 12.1 Å². The van der Waals surface area contributed by atoms with Gasteiger partial charge < -0.3 is 15.6 Å². The molecule has 3 rings (SSSR count). The number of aliphatic hydroxyl groups is 1. The fourth-order valence-electron chi connectivity index (χ4n) is 3.12. The summed E-state index contributed by atoms with van der Waals surface area (Å²) in [6, 6.07) is 5.14. The van der Waals surface area contributed by atoms with Gasteiger partial charge in [0.25, 0.3) is 0 Å². The molecule has 7 nitrogen and oxygen atoms in total. The van der Waals surface area contributed by atoms with E-state index in [4.69, 9.17) is 10.5 Å². The number of carbonyl (C=O) groups excluding carboxylic acids is 1. The number of carbonyl (C=O) groups is 1. The maximum atomic E-state index is 11.6. The summed E-state index contributed by atoms with van der Waals surface area (Å²) < 4.78 is 7.67. The first-order valence-electron chi connectivity index (χ1n) is 8.58. The van der Waals surface area contributed by atoms with Crippen LogP contribution < -0.4 is 10.5 Å². The van der Waals surface area contributed by atoms with Gasteiger partial charge in [0, 0.05) is 5.92 Å². The predicted molar refractivity (Wildman–Crippen MR) is 94.7 cm³/mol.